The van der Waals surface area contributed by atoms with Crippen molar-refractivity contribution in [1.29, 1.82) is 0 Å². The number of halogens is 1. The zero-order valence-electron chi connectivity index (χ0n) is 10.00. The number of nitro groups is 1. The van der Waals surface area contributed by atoms with Crippen molar-refractivity contribution in [2.24, 2.45) is 0 Å². The van der Waals surface area contributed by atoms with E-state index in [1.54, 1.807) is 24.3 Å². The van der Waals surface area contributed by atoms with Gasteiger partial charge in [-0.15, -0.1) is 0 Å². The highest BCUT2D eigenvalue weighted by Crippen LogP contribution is 2.38. The van der Waals surface area contributed by atoms with Crippen LogP contribution in [0.1, 0.15) is 0 Å². The first kappa shape index (κ1) is 13.6. The van der Waals surface area contributed by atoms with Gasteiger partial charge in [-0.05, 0) is 52.9 Å². The molecule has 0 aromatic heterocycles. The van der Waals surface area contributed by atoms with Crippen LogP contribution >= 0.6 is 22.6 Å². The van der Waals surface area contributed by atoms with E-state index in [0.717, 1.165) is 3.57 Å². The fraction of sp³-hybridized carbons (Fsp3) is 0.0769. The number of ether oxygens (including phenoxy) is 2. The maximum atomic E-state index is 11.1. The topological polar surface area (TPSA) is 61.6 Å². The second-order valence-corrected chi connectivity index (χ2v) is 4.87. The van der Waals surface area contributed by atoms with Gasteiger partial charge in [-0.2, -0.15) is 0 Å². The van der Waals surface area contributed by atoms with Crippen molar-refractivity contribution in [2.75, 3.05) is 7.11 Å². The van der Waals surface area contributed by atoms with Crippen LogP contribution in [0.15, 0.2) is 42.5 Å². The summed E-state index contributed by atoms with van der Waals surface area (Å²) in [6.07, 6.45) is 0. The lowest BCUT2D eigenvalue weighted by molar-refractivity contribution is -0.386. The predicted octanol–water partition coefficient (Wildman–Crippen LogP) is 4.00. The quantitative estimate of drug-likeness (QED) is 0.463. The Bertz CT molecular complexity index is 615. The normalized spacial score (nSPS) is 10.0. The van der Waals surface area contributed by atoms with Crippen LogP contribution in [-0.2, 0) is 0 Å². The molecule has 0 aliphatic rings. The average Bonchev–Trinajstić information content (AvgIpc) is 2.38. The van der Waals surface area contributed by atoms with E-state index in [1.807, 2.05) is 12.1 Å². The molecule has 0 amide bonds. The van der Waals surface area contributed by atoms with E-state index >= 15 is 0 Å². The number of nitro benzene ring substituents is 1. The van der Waals surface area contributed by atoms with Gasteiger partial charge < -0.3 is 9.47 Å². The summed E-state index contributed by atoms with van der Waals surface area (Å²) in [7, 11) is 1.39. The van der Waals surface area contributed by atoms with Crippen molar-refractivity contribution >= 4 is 28.3 Å². The summed E-state index contributed by atoms with van der Waals surface area (Å²) in [4.78, 5) is 10.6. The van der Waals surface area contributed by atoms with Crippen molar-refractivity contribution in [2.45, 2.75) is 0 Å². The maximum absolute atomic E-state index is 11.1. The van der Waals surface area contributed by atoms with Crippen LogP contribution in [0.25, 0.3) is 0 Å². The van der Waals surface area contributed by atoms with Crippen LogP contribution < -0.4 is 9.47 Å². The molecule has 0 heterocycles. The van der Waals surface area contributed by atoms with Crippen molar-refractivity contribution in [1.82, 2.24) is 0 Å². The Kier molecular flexibility index (Phi) is 4.20. The summed E-state index contributed by atoms with van der Waals surface area (Å²) in [6, 6.07) is 12.0. The minimum absolute atomic E-state index is 0.159. The van der Waals surface area contributed by atoms with Gasteiger partial charge in [0, 0.05) is 3.57 Å². The molecule has 98 valence electrons. The highest BCUT2D eigenvalue weighted by Gasteiger charge is 2.22. The van der Waals surface area contributed by atoms with E-state index < -0.39 is 4.92 Å². The van der Waals surface area contributed by atoms with Crippen LogP contribution in [0, 0.1) is 13.7 Å². The first-order chi connectivity index (χ1) is 9.11. The largest absolute Gasteiger partial charge is 0.490 e. The summed E-state index contributed by atoms with van der Waals surface area (Å²) in [5.41, 5.74) is -0.177. The number of rotatable bonds is 4. The molecule has 5 nitrogen and oxygen atoms in total. The van der Waals surface area contributed by atoms with E-state index in [0.29, 0.717) is 5.75 Å². The number of nitrogens with zero attached hydrogens (tertiary/aromatic N) is 1. The molecule has 0 fully saturated rings. The molecule has 0 saturated heterocycles. The highest BCUT2D eigenvalue weighted by molar-refractivity contribution is 14.1. The maximum Gasteiger partial charge on any atom is 0.352 e. The molecule has 2 aromatic carbocycles. The molecule has 0 unspecified atom stereocenters. The Labute approximate surface area is 123 Å². The molecule has 6 heteroatoms. The third kappa shape index (κ3) is 3.14. The van der Waals surface area contributed by atoms with E-state index in [4.69, 9.17) is 9.47 Å². The van der Waals surface area contributed by atoms with Crippen molar-refractivity contribution < 1.29 is 14.4 Å². The van der Waals surface area contributed by atoms with Gasteiger partial charge in [-0.3, -0.25) is 10.1 Å². The lowest BCUT2D eigenvalue weighted by Gasteiger charge is -2.08. The molecule has 2 aromatic rings. The Morgan fingerprint density at radius 1 is 1.16 bits per heavy atom. The third-order valence-corrected chi connectivity index (χ3v) is 3.06. The Morgan fingerprint density at radius 2 is 1.84 bits per heavy atom. The molecule has 0 spiro atoms. The number of benzene rings is 2. The summed E-state index contributed by atoms with van der Waals surface area (Å²) in [5.74, 6) is 0.878. The van der Waals surface area contributed by atoms with Gasteiger partial charge in [0.2, 0.25) is 11.5 Å². The first-order valence-electron chi connectivity index (χ1n) is 5.36. The molecule has 0 atom stereocenters. The number of para-hydroxylation sites is 1. The fourth-order valence-electron chi connectivity index (χ4n) is 1.59. The standard InChI is InChI=1S/C13H10INO4/c1-18-11-6-3-7-12(13(11)15(16)17)19-10-5-2-4-9(14)8-10/h2-8H,1H3. The van der Waals surface area contributed by atoms with Crippen LogP contribution in [0.2, 0.25) is 0 Å². The van der Waals surface area contributed by atoms with Crippen molar-refractivity contribution in [3.05, 3.63) is 56.1 Å². The molecule has 0 aliphatic carbocycles. The fourth-order valence-corrected chi connectivity index (χ4v) is 2.10. The Morgan fingerprint density at radius 3 is 2.47 bits per heavy atom. The molecular weight excluding hydrogens is 361 g/mol. The van der Waals surface area contributed by atoms with Crippen LogP contribution in [-0.4, -0.2) is 12.0 Å². The van der Waals surface area contributed by atoms with E-state index in [2.05, 4.69) is 22.6 Å². The van der Waals surface area contributed by atoms with Crippen LogP contribution in [0.3, 0.4) is 0 Å². The number of hydrogen-bond donors (Lipinski definition) is 0. The van der Waals surface area contributed by atoms with Gasteiger partial charge in [-0.25, -0.2) is 0 Å². The molecular formula is C13H10INO4. The minimum atomic E-state index is -0.512. The molecule has 0 radical (unpaired) electrons. The molecule has 0 aliphatic heterocycles. The Balaban J connectivity index is 2.42. The van der Waals surface area contributed by atoms with Gasteiger partial charge >= 0.3 is 5.69 Å². The second kappa shape index (κ2) is 5.87. The smallest absolute Gasteiger partial charge is 0.352 e. The molecule has 19 heavy (non-hydrogen) atoms. The van der Waals surface area contributed by atoms with Gasteiger partial charge in [0.1, 0.15) is 5.75 Å². The highest BCUT2D eigenvalue weighted by atomic mass is 127. The van der Waals surface area contributed by atoms with Gasteiger partial charge in [-0.1, -0.05) is 12.1 Å². The SMILES string of the molecule is COc1cccc(Oc2cccc(I)c2)c1[N+](=O)[O-]. The van der Waals surface area contributed by atoms with Gasteiger partial charge in [0.05, 0.1) is 12.0 Å². The van der Waals surface area contributed by atoms with Gasteiger partial charge in [0.15, 0.2) is 0 Å². The summed E-state index contributed by atoms with van der Waals surface area (Å²) >= 11 is 2.15. The molecule has 0 bridgehead atoms. The van der Waals surface area contributed by atoms with E-state index in [9.17, 15) is 10.1 Å². The summed E-state index contributed by atoms with van der Waals surface area (Å²) < 4.78 is 11.5. The van der Waals surface area contributed by atoms with E-state index in [1.165, 1.54) is 13.2 Å². The lowest BCUT2D eigenvalue weighted by atomic mass is 10.2. The zero-order valence-corrected chi connectivity index (χ0v) is 12.2. The summed E-state index contributed by atoms with van der Waals surface area (Å²) in [6.45, 7) is 0. The van der Waals surface area contributed by atoms with Gasteiger partial charge in [0.25, 0.3) is 0 Å². The average molecular weight is 371 g/mol. The number of hydrogen-bond acceptors (Lipinski definition) is 4. The molecule has 0 saturated carbocycles. The summed E-state index contributed by atoms with van der Waals surface area (Å²) in [5, 5.41) is 11.1. The number of methoxy groups -OCH3 is 1. The monoisotopic (exact) mass is 371 g/mol. The predicted molar refractivity (Wildman–Crippen MR) is 78.9 cm³/mol. The molecule has 0 N–H and O–H groups in total. The van der Waals surface area contributed by atoms with Crippen molar-refractivity contribution in [3.8, 4) is 17.2 Å². The third-order valence-electron chi connectivity index (χ3n) is 2.39. The van der Waals surface area contributed by atoms with Crippen LogP contribution in [0.5, 0.6) is 17.2 Å². The second-order valence-electron chi connectivity index (χ2n) is 3.62. The Hall–Kier alpha value is -1.83. The van der Waals surface area contributed by atoms with E-state index in [-0.39, 0.29) is 17.2 Å². The first-order valence-corrected chi connectivity index (χ1v) is 6.44. The minimum Gasteiger partial charge on any atom is -0.490 e. The van der Waals surface area contributed by atoms with Crippen molar-refractivity contribution in [3.63, 3.8) is 0 Å². The molecule has 2 rings (SSSR count). The van der Waals surface area contributed by atoms with Crippen LogP contribution in [0.4, 0.5) is 5.69 Å². The zero-order chi connectivity index (χ0) is 13.8. The lowest BCUT2D eigenvalue weighted by Crippen LogP contribution is -1.97.